The molecule has 0 amide bonds. The highest BCUT2D eigenvalue weighted by Crippen LogP contribution is 2.09. The molecule has 0 aromatic carbocycles. The van der Waals surface area contributed by atoms with Crippen LogP contribution in [-0.2, 0) is 9.47 Å². The van der Waals surface area contributed by atoms with Gasteiger partial charge in [0.15, 0.2) is 0 Å². The molecule has 0 bridgehead atoms. The highest BCUT2D eigenvalue weighted by Gasteiger charge is 2.12. The molecule has 1 heterocycles. The van der Waals surface area contributed by atoms with Crippen molar-refractivity contribution in [2.24, 2.45) is 5.92 Å². The number of nitrogens with one attached hydrogen (secondary N) is 1. The second-order valence-corrected chi connectivity index (χ2v) is 3.48. The largest absolute Gasteiger partial charge is 0.379 e. The van der Waals surface area contributed by atoms with Crippen molar-refractivity contribution in [2.45, 2.75) is 19.8 Å². The van der Waals surface area contributed by atoms with E-state index in [0.717, 1.165) is 38.9 Å². The minimum absolute atomic E-state index is 0.718. The maximum atomic E-state index is 5.51. The van der Waals surface area contributed by atoms with Crippen LogP contribution < -0.4 is 5.32 Å². The first-order chi connectivity index (χ1) is 6.43. The summed E-state index contributed by atoms with van der Waals surface area (Å²) < 4.78 is 10.7. The van der Waals surface area contributed by atoms with Gasteiger partial charge in [-0.15, -0.1) is 0 Å². The Balaban J connectivity index is 1.86. The molecule has 0 spiro atoms. The van der Waals surface area contributed by atoms with Gasteiger partial charge in [-0.1, -0.05) is 0 Å². The second-order valence-electron chi connectivity index (χ2n) is 3.48. The molecule has 1 saturated heterocycles. The molecule has 1 aliphatic rings. The number of hydrogen-bond acceptors (Lipinski definition) is 3. The van der Waals surface area contributed by atoms with Gasteiger partial charge in [-0.05, 0) is 32.2 Å². The molecule has 0 radical (unpaired) electrons. The summed E-state index contributed by atoms with van der Waals surface area (Å²) >= 11 is 0. The van der Waals surface area contributed by atoms with Crippen molar-refractivity contribution in [1.29, 1.82) is 0 Å². The summed E-state index contributed by atoms with van der Waals surface area (Å²) in [7, 11) is 0. The molecule has 78 valence electrons. The maximum Gasteiger partial charge on any atom is 0.0700 e. The molecule has 1 N–H and O–H groups in total. The van der Waals surface area contributed by atoms with E-state index >= 15 is 0 Å². The van der Waals surface area contributed by atoms with Gasteiger partial charge in [0.1, 0.15) is 0 Å². The molecule has 3 nitrogen and oxygen atoms in total. The van der Waals surface area contributed by atoms with E-state index in [0.29, 0.717) is 0 Å². The van der Waals surface area contributed by atoms with Gasteiger partial charge in [0.2, 0.25) is 0 Å². The Labute approximate surface area is 80.8 Å². The molecule has 3 heteroatoms. The lowest BCUT2D eigenvalue weighted by molar-refractivity contribution is 0.0336. The van der Waals surface area contributed by atoms with Gasteiger partial charge >= 0.3 is 0 Å². The standard InChI is InChI=1S/C10H21NO2/c1-2-12-6-7-13-9-10-4-3-5-11-8-10/h10-11H,2-9H2,1H3/t10-/m1/s1. The Morgan fingerprint density at radius 2 is 2.15 bits per heavy atom. The lowest BCUT2D eigenvalue weighted by atomic mass is 10.0. The van der Waals surface area contributed by atoms with Crippen molar-refractivity contribution in [3.8, 4) is 0 Å². The Morgan fingerprint density at radius 1 is 1.31 bits per heavy atom. The van der Waals surface area contributed by atoms with E-state index in [1.165, 1.54) is 19.4 Å². The summed E-state index contributed by atoms with van der Waals surface area (Å²) in [6.07, 6.45) is 2.60. The molecule has 0 aliphatic carbocycles. The number of ether oxygens (including phenoxy) is 2. The van der Waals surface area contributed by atoms with Gasteiger partial charge in [0.25, 0.3) is 0 Å². The van der Waals surface area contributed by atoms with Gasteiger partial charge in [0, 0.05) is 13.2 Å². The zero-order valence-electron chi connectivity index (χ0n) is 8.55. The van der Waals surface area contributed by atoms with Gasteiger partial charge in [-0.2, -0.15) is 0 Å². The van der Waals surface area contributed by atoms with Gasteiger partial charge in [-0.3, -0.25) is 0 Å². The minimum atomic E-state index is 0.718. The SMILES string of the molecule is CCOCCOC[C@@H]1CCCNC1. The number of rotatable bonds is 6. The van der Waals surface area contributed by atoms with Crippen molar-refractivity contribution >= 4 is 0 Å². The van der Waals surface area contributed by atoms with Crippen molar-refractivity contribution in [2.75, 3.05) is 39.5 Å². The fourth-order valence-corrected chi connectivity index (χ4v) is 1.58. The quantitative estimate of drug-likeness (QED) is 0.630. The zero-order valence-corrected chi connectivity index (χ0v) is 8.55. The highest BCUT2D eigenvalue weighted by molar-refractivity contribution is 4.67. The van der Waals surface area contributed by atoms with E-state index < -0.39 is 0 Å². The summed E-state index contributed by atoms with van der Waals surface area (Å²) in [5, 5.41) is 3.38. The molecule has 0 aromatic heterocycles. The molecule has 1 aliphatic heterocycles. The lowest BCUT2D eigenvalue weighted by Crippen LogP contribution is -2.32. The first-order valence-corrected chi connectivity index (χ1v) is 5.29. The summed E-state index contributed by atoms with van der Waals surface area (Å²) in [6, 6.07) is 0. The first-order valence-electron chi connectivity index (χ1n) is 5.29. The van der Waals surface area contributed by atoms with Gasteiger partial charge < -0.3 is 14.8 Å². The van der Waals surface area contributed by atoms with Crippen LogP contribution in [0.4, 0.5) is 0 Å². The van der Waals surface area contributed by atoms with Crippen LogP contribution in [0.15, 0.2) is 0 Å². The van der Waals surface area contributed by atoms with E-state index in [4.69, 9.17) is 9.47 Å². The molecule has 0 aromatic rings. The van der Waals surface area contributed by atoms with Crippen LogP contribution in [-0.4, -0.2) is 39.5 Å². The normalized spacial score (nSPS) is 23.3. The molecule has 0 saturated carbocycles. The minimum Gasteiger partial charge on any atom is -0.379 e. The van der Waals surface area contributed by atoms with Crippen molar-refractivity contribution in [3.05, 3.63) is 0 Å². The zero-order chi connectivity index (χ0) is 9.36. The van der Waals surface area contributed by atoms with Crippen LogP contribution in [0.2, 0.25) is 0 Å². The Morgan fingerprint density at radius 3 is 2.85 bits per heavy atom. The van der Waals surface area contributed by atoms with Crippen molar-refractivity contribution in [3.63, 3.8) is 0 Å². The van der Waals surface area contributed by atoms with E-state index in [-0.39, 0.29) is 0 Å². The summed E-state index contributed by atoms with van der Waals surface area (Å²) in [5.74, 6) is 0.718. The second kappa shape index (κ2) is 7.30. The van der Waals surface area contributed by atoms with Crippen LogP contribution in [0.1, 0.15) is 19.8 Å². The molecule has 13 heavy (non-hydrogen) atoms. The Kier molecular flexibility index (Phi) is 6.15. The third-order valence-corrected chi connectivity index (χ3v) is 2.33. The summed E-state index contributed by atoms with van der Waals surface area (Å²) in [6.45, 7) is 7.45. The predicted molar refractivity (Wildman–Crippen MR) is 52.9 cm³/mol. The van der Waals surface area contributed by atoms with Crippen LogP contribution in [0.25, 0.3) is 0 Å². The average Bonchev–Trinajstić information content (AvgIpc) is 2.19. The highest BCUT2D eigenvalue weighted by atomic mass is 16.5. The van der Waals surface area contributed by atoms with Crippen molar-refractivity contribution < 1.29 is 9.47 Å². The third kappa shape index (κ3) is 5.24. The fourth-order valence-electron chi connectivity index (χ4n) is 1.58. The summed E-state index contributed by atoms with van der Waals surface area (Å²) in [5.41, 5.74) is 0. The molecule has 0 unspecified atom stereocenters. The number of piperidine rings is 1. The molecule has 1 rings (SSSR count). The van der Waals surface area contributed by atoms with E-state index in [1.54, 1.807) is 0 Å². The monoisotopic (exact) mass is 187 g/mol. The van der Waals surface area contributed by atoms with Crippen LogP contribution in [0.5, 0.6) is 0 Å². The third-order valence-electron chi connectivity index (χ3n) is 2.33. The molecule has 1 atom stereocenters. The van der Waals surface area contributed by atoms with Crippen LogP contribution in [0, 0.1) is 5.92 Å². The van der Waals surface area contributed by atoms with Crippen LogP contribution in [0.3, 0.4) is 0 Å². The average molecular weight is 187 g/mol. The van der Waals surface area contributed by atoms with Gasteiger partial charge in [0.05, 0.1) is 19.8 Å². The fraction of sp³-hybridized carbons (Fsp3) is 1.00. The summed E-state index contributed by atoms with van der Waals surface area (Å²) in [4.78, 5) is 0. The van der Waals surface area contributed by atoms with E-state index in [2.05, 4.69) is 5.32 Å². The van der Waals surface area contributed by atoms with E-state index in [9.17, 15) is 0 Å². The molecule has 1 fully saturated rings. The van der Waals surface area contributed by atoms with Gasteiger partial charge in [-0.25, -0.2) is 0 Å². The maximum absolute atomic E-state index is 5.51. The predicted octanol–water partition coefficient (Wildman–Crippen LogP) is 1.04. The number of hydrogen-bond donors (Lipinski definition) is 1. The molecular weight excluding hydrogens is 166 g/mol. The van der Waals surface area contributed by atoms with E-state index in [1.807, 2.05) is 6.92 Å². The van der Waals surface area contributed by atoms with Crippen LogP contribution >= 0.6 is 0 Å². The Bertz CT molecular complexity index is 113. The first kappa shape index (κ1) is 11.0. The topological polar surface area (TPSA) is 30.5 Å². The lowest BCUT2D eigenvalue weighted by Gasteiger charge is -2.22. The smallest absolute Gasteiger partial charge is 0.0700 e. The molecular formula is C10H21NO2. The van der Waals surface area contributed by atoms with Crippen molar-refractivity contribution in [1.82, 2.24) is 5.32 Å². The Hall–Kier alpha value is -0.120.